The molecule has 0 heterocycles. The number of fused-ring (bicyclic) bond motifs is 1. The minimum absolute atomic E-state index is 0.00654. The zero-order valence-corrected chi connectivity index (χ0v) is 12.6. The summed E-state index contributed by atoms with van der Waals surface area (Å²) < 4.78 is 5.29. The van der Waals surface area contributed by atoms with E-state index < -0.39 is 23.2 Å². The van der Waals surface area contributed by atoms with Crippen molar-refractivity contribution in [3.05, 3.63) is 0 Å². The molecule has 1 unspecified atom stereocenters. The Balaban J connectivity index is 2.05. The molecule has 0 aromatic heterocycles. The number of alkyl carbamates (subject to hydrolysis) is 1. The van der Waals surface area contributed by atoms with Crippen molar-refractivity contribution in [1.82, 2.24) is 5.32 Å². The molecule has 2 aliphatic rings. The number of aliphatic carboxylic acids is 1. The number of hydrogen-bond donors (Lipinski definition) is 2. The first-order chi connectivity index (χ1) is 9.22. The van der Waals surface area contributed by atoms with Crippen LogP contribution >= 0.6 is 0 Å². The first kappa shape index (κ1) is 15.1. The maximum Gasteiger partial charge on any atom is 0.408 e. The lowest BCUT2D eigenvalue weighted by Crippen LogP contribution is -2.66. The Kier molecular flexibility index (Phi) is 3.98. The van der Waals surface area contributed by atoms with E-state index in [-0.39, 0.29) is 6.42 Å². The highest BCUT2D eigenvalue weighted by Gasteiger charge is 2.56. The van der Waals surface area contributed by atoms with Gasteiger partial charge in [-0.2, -0.15) is 0 Å². The molecule has 2 aliphatic carbocycles. The van der Waals surface area contributed by atoms with Crippen molar-refractivity contribution in [2.24, 2.45) is 11.8 Å². The highest BCUT2D eigenvalue weighted by atomic mass is 16.6. The largest absolute Gasteiger partial charge is 0.481 e. The normalized spacial score (nSPS) is 32.8. The van der Waals surface area contributed by atoms with Gasteiger partial charge in [0.25, 0.3) is 0 Å². The van der Waals surface area contributed by atoms with Gasteiger partial charge in [0.2, 0.25) is 0 Å². The van der Waals surface area contributed by atoms with E-state index in [0.29, 0.717) is 11.8 Å². The van der Waals surface area contributed by atoms with Crippen LogP contribution in [0.25, 0.3) is 0 Å². The number of carbonyl (C=O) groups is 2. The summed E-state index contributed by atoms with van der Waals surface area (Å²) in [6.45, 7) is 5.42. The van der Waals surface area contributed by atoms with Crippen LogP contribution in [0.3, 0.4) is 0 Å². The highest BCUT2D eigenvalue weighted by molar-refractivity contribution is 5.73. The van der Waals surface area contributed by atoms with Crippen molar-refractivity contribution in [3.63, 3.8) is 0 Å². The first-order valence-corrected chi connectivity index (χ1v) is 7.45. The van der Waals surface area contributed by atoms with Crippen LogP contribution in [0.5, 0.6) is 0 Å². The minimum atomic E-state index is -0.856. The van der Waals surface area contributed by atoms with Crippen LogP contribution in [0.15, 0.2) is 0 Å². The fourth-order valence-electron chi connectivity index (χ4n) is 3.81. The van der Waals surface area contributed by atoms with Gasteiger partial charge in [0.05, 0.1) is 12.0 Å². The molecule has 0 radical (unpaired) electrons. The van der Waals surface area contributed by atoms with Gasteiger partial charge in [-0.3, -0.25) is 4.79 Å². The van der Waals surface area contributed by atoms with Gasteiger partial charge >= 0.3 is 12.1 Å². The maximum absolute atomic E-state index is 12.0. The molecule has 3 atom stereocenters. The van der Waals surface area contributed by atoms with Crippen LogP contribution in [0.2, 0.25) is 0 Å². The van der Waals surface area contributed by atoms with E-state index in [9.17, 15) is 9.59 Å². The summed E-state index contributed by atoms with van der Waals surface area (Å²) in [7, 11) is 0. The fraction of sp³-hybridized carbons (Fsp3) is 0.867. The first-order valence-electron chi connectivity index (χ1n) is 7.45. The Morgan fingerprint density at radius 2 is 1.95 bits per heavy atom. The molecule has 0 spiro atoms. The van der Waals surface area contributed by atoms with Crippen molar-refractivity contribution in [2.45, 2.75) is 70.4 Å². The third kappa shape index (κ3) is 3.25. The second kappa shape index (κ2) is 5.26. The number of carbonyl (C=O) groups excluding carboxylic acids is 1. The van der Waals surface area contributed by atoms with Crippen LogP contribution in [0.1, 0.15) is 59.3 Å². The van der Waals surface area contributed by atoms with Gasteiger partial charge in [0.1, 0.15) is 5.60 Å². The molecular weight excluding hydrogens is 258 g/mol. The minimum Gasteiger partial charge on any atom is -0.481 e. The lowest BCUT2D eigenvalue weighted by Gasteiger charge is -2.57. The zero-order valence-electron chi connectivity index (χ0n) is 12.6. The van der Waals surface area contributed by atoms with Crippen molar-refractivity contribution >= 4 is 12.1 Å². The average molecular weight is 283 g/mol. The number of hydrogen-bond acceptors (Lipinski definition) is 3. The number of carboxylic acids is 1. The zero-order chi connectivity index (χ0) is 15.0. The second-order valence-corrected chi connectivity index (χ2v) is 7.21. The number of nitrogens with one attached hydrogen (secondary N) is 1. The smallest absolute Gasteiger partial charge is 0.408 e. The molecule has 0 aromatic carbocycles. The lowest BCUT2D eigenvalue weighted by molar-refractivity contribution is -0.143. The molecule has 2 rings (SSSR count). The van der Waals surface area contributed by atoms with E-state index in [1.165, 1.54) is 6.42 Å². The van der Waals surface area contributed by atoms with Gasteiger partial charge in [-0.05, 0) is 45.4 Å². The van der Waals surface area contributed by atoms with E-state index in [1.807, 2.05) is 0 Å². The third-order valence-corrected chi connectivity index (χ3v) is 4.46. The maximum atomic E-state index is 12.0. The molecular formula is C15H25NO4. The summed E-state index contributed by atoms with van der Waals surface area (Å²) in [5.41, 5.74) is -1.16. The quantitative estimate of drug-likeness (QED) is 0.835. The molecule has 114 valence electrons. The molecule has 5 nitrogen and oxygen atoms in total. The predicted molar refractivity (Wildman–Crippen MR) is 74.4 cm³/mol. The number of rotatable bonds is 3. The molecule has 5 heteroatoms. The van der Waals surface area contributed by atoms with Crippen LogP contribution in [0, 0.1) is 11.8 Å². The number of carboxylic acid groups (broad SMARTS) is 1. The van der Waals surface area contributed by atoms with E-state index in [0.717, 1.165) is 25.7 Å². The SMILES string of the molecule is CC(C)(C)OC(=O)NC1(CC(=O)O)C[C@@H]2CCCC[C@@H]21. The summed E-state index contributed by atoms with van der Waals surface area (Å²) in [6, 6.07) is 0. The van der Waals surface area contributed by atoms with E-state index in [4.69, 9.17) is 9.84 Å². The Morgan fingerprint density at radius 1 is 1.30 bits per heavy atom. The van der Waals surface area contributed by atoms with Crippen LogP contribution in [0.4, 0.5) is 4.79 Å². The summed E-state index contributed by atoms with van der Waals surface area (Å²) in [5.74, 6) is 0.00277. The van der Waals surface area contributed by atoms with Crippen molar-refractivity contribution in [1.29, 1.82) is 0 Å². The molecule has 0 bridgehead atoms. The molecule has 0 saturated heterocycles. The summed E-state index contributed by atoms with van der Waals surface area (Å²) >= 11 is 0. The van der Waals surface area contributed by atoms with Crippen molar-refractivity contribution in [2.75, 3.05) is 0 Å². The molecule has 0 aliphatic heterocycles. The molecule has 2 fully saturated rings. The molecule has 2 N–H and O–H groups in total. The van der Waals surface area contributed by atoms with Gasteiger partial charge in [-0.25, -0.2) is 4.79 Å². The molecule has 2 saturated carbocycles. The van der Waals surface area contributed by atoms with Gasteiger partial charge in [-0.1, -0.05) is 19.3 Å². The van der Waals surface area contributed by atoms with Crippen LogP contribution < -0.4 is 5.32 Å². The predicted octanol–water partition coefficient (Wildman–Crippen LogP) is 2.93. The Labute approximate surface area is 120 Å². The van der Waals surface area contributed by atoms with Gasteiger partial charge < -0.3 is 15.2 Å². The molecule has 1 amide bonds. The standard InChI is InChI=1S/C15H25NO4/c1-14(2,3)20-13(19)16-15(9-12(17)18)8-10-6-4-5-7-11(10)15/h10-11H,4-9H2,1-3H3,(H,16,19)(H,17,18)/t10-,11-,15?/m0/s1. The van der Waals surface area contributed by atoms with Gasteiger partial charge in [0, 0.05) is 0 Å². The Bertz CT molecular complexity index is 401. The van der Waals surface area contributed by atoms with Crippen LogP contribution in [-0.2, 0) is 9.53 Å². The summed E-state index contributed by atoms with van der Waals surface area (Å²) in [6.07, 6.45) is 4.77. The number of amides is 1. The van der Waals surface area contributed by atoms with E-state index in [2.05, 4.69) is 5.32 Å². The van der Waals surface area contributed by atoms with Crippen molar-refractivity contribution < 1.29 is 19.4 Å². The average Bonchev–Trinajstić information content (AvgIpc) is 2.24. The van der Waals surface area contributed by atoms with E-state index in [1.54, 1.807) is 20.8 Å². The topological polar surface area (TPSA) is 75.6 Å². The summed E-state index contributed by atoms with van der Waals surface area (Å²) in [5, 5.41) is 12.0. The Morgan fingerprint density at radius 3 is 2.50 bits per heavy atom. The van der Waals surface area contributed by atoms with Crippen LogP contribution in [-0.4, -0.2) is 28.3 Å². The van der Waals surface area contributed by atoms with Crippen molar-refractivity contribution in [3.8, 4) is 0 Å². The van der Waals surface area contributed by atoms with Gasteiger partial charge in [-0.15, -0.1) is 0 Å². The summed E-state index contributed by atoms with van der Waals surface area (Å²) in [4.78, 5) is 23.2. The number of ether oxygens (including phenoxy) is 1. The molecule has 0 aromatic rings. The Hall–Kier alpha value is -1.26. The lowest BCUT2D eigenvalue weighted by atomic mass is 9.53. The van der Waals surface area contributed by atoms with E-state index >= 15 is 0 Å². The highest BCUT2D eigenvalue weighted by Crippen LogP contribution is 2.53. The second-order valence-electron chi connectivity index (χ2n) is 7.21. The van der Waals surface area contributed by atoms with Gasteiger partial charge in [0.15, 0.2) is 0 Å². The molecule has 20 heavy (non-hydrogen) atoms. The third-order valence-electron chi connectivity index (χ3n) is 4.46. The monoisotopic (exact) mass is 283 g/mol. The fourth-order valence-corrected chi connectivity index (χ4v) is 3.81.